The lowest BCUT2D eigenvalue weighted by molar-refractivity contribution is -0.139. The molecule has 0 bridgehead atoms. The van der Waals surface area contributed by atoms with Crippen molar-refractivity contribution in [1.29, 1.82) is 0 Å². The molecule has 0 aliphatic carbocycles. The van der Waals surface area contributed by atoms with Crippen molar-refractivity contribution < 1.29 is 23.8 Å². The first kappa shape index (κ1) is 14.3. The van der Waals surface area contributed by atoms with Gasteiger partial charge >= 0.3 is 11.9 Å². The smallest absolute Gasteiger partial charge is 0.337 e. The highest BCUT2D eigenvalue weighted by atomic mass is 16.5. The Morgan fingerprint density at radius 1 is 1.00 bits per heavy atom. The minimum absolute atomic E-state index is 0.190. The Bertz CT molecular complexity index is 379. The second kappa shape index (κ2) is 6.23. The second-order valence-electron chi connectivity index (χ2n) is 3.79. The molecule has 0 unspecified atom stereocenters. The minimum atomic E-state index is -0.454. The average Bonchev–Trinajstić information content (AvgIpc) is 2.29. The molecule has 0 N–H and O–H groups in total. The van der Waals surface area contributed by atoms with Gasteiger partial charge in [0, 0.05) is 6.42 Å². The Balaban J connectivity index is 2.89. The van der Waals surface area contributed by atoms with Gasteiger partial charge in [0.05, 0.1) is 24.4 Å². The van der Waals surface area contributed by atoms with Crippen molar-refractivity contribution >= 4 is 11.9 Å². The number of hydrogen-bond donors (Lipinski definition) is 0. The van der Waals surface area contributed by atoms with Crippen molar-refractivity contribution in [3.05, 3.63) is 22.7 Å². The van der Waals surface area contributed by atoms with E-state index < -0.39 is 11.9 Å². The Hall–Kier alpha value is -1.78. The fraction of sp³-hybridized carbons (Fsp3) is 0.538. The molecule has 0 saturated carbocycles. The summed E-state index contributed by atoms with van der Waals surface area (Å²) in [6.45, 7) is 7.38. The highest BCUT2D eigenvalue weighted by molar-refractivity contribution is 5.96. The standard InChI is InChI=1S/C13H18O5/c1-5-16-12(14)10-7-11(13(15)17-6-2)9(4)18-8(10)3/h5-7H2,1-4H3. The van der Waals surface area contributed by atoms with Crippen molar-refractivity contribution in [1.82, 2.24) is 0 Å². The van der Waals surface area contributed by atoms with Gasteiger partial charge in [0.15, 0.2) is 0 Å². The third-order valence-corrected chi connectivity index (χ3v) is 2.55. The summed E-state index contributed by atoms with van der Waals surface area (Å²) in [7, 11) is 0. The van der Waals surface area contributed by atoms with E-state index in [1.165, 1.54) is 0 Å². The third-order valence-electron chi connectivity index (χ3n) is 2.55. The van der Waals surface area contributed by atoms with Crippen LogP contribution in [0.4, 0.5) is 0 Å². The summed E-state index contributed by atoms with van der Waals surface area (Å²) >= 11 is 0. The Labute approximate surface area is 106 Å². The average molecular weight is 254 g/mol. The highest BCUT2D eigenvalue weighted by Crippen LogP contribution is 2.28. The first-order valence-electron chi connectivity index (χ1n) is 5.92. The van der Waals surface area contributed by atoms with Crippen molar-refractivity contribution in [2.45, 2.75) is 34.1 Å². The lowest BCUT2D eigenvalue weighted by Gasteiger charge is -2.20. The number of allylic oxidation sites excluding steroid dienone is 2. The number of ether oxygens (including phenoxy) is 3. The second-order valence-corrected chi connectivity index (χ2v) is 3.79. The largest absolute Gasteiger partial charge is 0.466 e. The van der Waals surface area contributed by atoms with Crippen LogP contribution in [-0.2, 0) is 23.8 Å². The summed E-state index contributed by atoms with van der Waals surface area (Å²) in [5.74, 6) is 0.0339. The van der Waals surface area contributed by atoms with Gasteiger partial charge in [-0.15, -0.1) is 0 Å². The number of carbonyl (C=O) groups excluding carboxylic acids is 2. The molecule has 0 aromatic rings. The maximum Gasteiger partial charge on any atom is 0.337 e. The van der Waals surface area contributed by atoms with Gasteiger partial charge in [-0.25, -0.2) is 9.59 Å². The van der Waals surface area contributed by atoms with E-state index in [1.54, 1.807) is 27.7 Å². The van der Waals surface area contributed by atoms with Gasteiger partial charge in [0.2, 0.25) is 0 Å². The van der Waals surface area contributed by atoms with E-state index >= 15 is 0 Å². The molecule has 1 rings (SSSR count). The molecule has 1 aliphatic rings. The van der Waals surface area contributed by atoms with Crippen molar-refractivity contribution in [3.8, 4) is 0 Å². The van der Waals surface area contributed by atoms with E-state index in [0.717, 1.165) is 0 Å². The Morgan fingerprint density at radius 2 is 1.39 bits per heavy atom. The van der Waals surface area contributed by atoms with Crippen LogP contribution in [0.1, 0.15) is 34.1 Å². The number of esters is 2. The lowest BCUT2D eigenvalue weighted by Crippen LogP contribution is -2.20. The summed E-state index contributed by atoms with van der Waals surface area (Å²) in [5.41, 5.74) is 0.732. The number of rotatable bonds is 4. The quantitative estimate of drug-likeness (QED) is 0.719. The zero-order valence-corrected chi connectivity index (χ0v) is 11.2. The van der Waals surface area contributed by atoms with Crippen LogP contribution in [-0.4, -0.2) is 25.2 Å². The van der Waals surface area contributed by atoms with Gasteiger partial charge in [-0.3, -0.25) is 0 Å². The lowest BCUT2D eigenvalue weighted by atomic mass is 10.0. The van der Waals surface area contributed by atoms with Crippen LogP contribution in [0.25, 0.3) is 0 Å². The van der Waals surface area contributed by atoms with E-state index in [-0.39, 0.29) is 19.6 Å². The van der Waals surface area contributed by atoms with Gasteiger partial charge in [-0.2, -0.15) is 0 Å². The summed E-state index contributed by atoms with van der Waals surface area (Å²) in [6, 6.07) is 0. The van der Waals surface area contributed by atoms with E-state index in [0.29, 0.717) is 22.7 Å². The highest BCUT2D eigenvalue weighted by Gasteiger charge is 2.28. The summed E-state index contributed by atoms with van der Waals surface area (Å²) < 4.78 is 15.3. The van der Waals surface area contributed by atoms with Crippen LogP contribution in [0.15, 0.2) is 22.7 Å². The normalized spacial score (nSPS) is 15.3. The van der Waals surface area contributed by atoms with Crippen LogP contribution in [0.2, 0.25) is 0 Å². The summed E-state index contributed by atoms with van der Waals surface area (Å²) in [6.07, 6.45) is 0.190. The van der Waals surface area contributed by atoms with E-state index in [1.807, 2.05) is 0 Å². The predicted octanol–water partition coefficient (Wildman–Crippen LogP) is 2.08. The maximum atomic E-state index is 11.7. The Kier molecular flexibility index (Phi) is 4.95. The van der Waals surface area contributed by atoms with Gasteiger partial charge in [-0.1, -0.05) is 0 Å². The zero-order chi connectivity index (χ0) is 13.7. The molecule has 0 aromatic heterocycles. The first-order valence-corrected chi connectivity index (χ1v) is 5.92. The number of carbonyl (C=O) groups is 2. The molecular formula is C13H18O5. The van der Waals surface area contributed by atoms with E-state index in [4.69, 9.17) is 14.2 Å². The molecule has 0 aromatic carbocycles. The SMILES string of the molecule is CCOC(=O)C1=C(C)OC(C)=C(C(=O)OCC)C1. The van der Waals surface area contributed by atoms with Gasteiger partial charge in [-0.05, 0) is 27.7 Å². The maximum absolute atomic E-state index is 11.7. The van der Waals surface area contributed by atoms with Gasteiger partial charge in [0.25, 0.3) is 0 Å². The minimum Gasteiger partial charge on any atom is -0.466 e. The van der Waals surface area contributed by atoms with Gasteiger partial charge in [0.1, 0.15) is 11.5 Å². The van der Waals surface area contributed by atoms with Crippen molar-refractivity contribution in [2.75, 3.05) is 13.2 Å². The van der Waals surface area contributed by atoms with Crippen molar-refractivity contribution in [3.63, 3.8) is 0 Å². The topological polar surface area (TPSA) is 61.8 Å². The van der Waals surface area contributed by atoms with E-state index in [2.05, 4.69) is 0 Å². The molecule has 100 valence electrons. The molecule has 0 fully saturated rings. The van der Waals surface area contributed by atoms with E-state index in [9.17, 15) is 9.59 Å². The monoisotopic (exact) mass is 254 g/mol. The molecular weight excluding hydrogens is 236 g/mol. The summed E-state index contributed by atoms with van der Waals surface area (Å²) in [5, 5.41) is 0. The molecule has 0 amide bonds. The molecule has 0 atom stereocenters. The third kappa shape index (κ3) is 3.12. The van der Waals surface area contributed by atoms with Crippen LogP contribution in [0.5, 0.6) is 0 Å². The van der Waals surface area contributed by atoms with Crippen LogP contribution in [0.3, 0.4) is 0 Å². The van der Waals surface area contributed by atoms with Crippen LogP contribution < -0.4 is 0 Å². The van der Waals surface area contributed by atoms with Crippen molar-refractivity contribution in [2.24, 2.45) is 0 Å². The number of hydrogen-bond acceptors (Lipinski definition) is 5. The molecule has 0 saturated heterocycles. The molecule has 1 aliphatic heterocycles. The summed E-state index contributed by atoms with van der Waals surface area (Å²) in [4.78, 5) is 23.4. The zero-order valence-electron chi connectivity index (χ0n) is 11.2. The van der Waals surface area contributed by atoms with Gasteiger partial charge < -0.3 is 14.2 Å². The predicted molar refractivity (Wildman–Crippen MR) is 64.4 cm³/mol. The Morgan fingerprint density at radius 3 is 1.72 bits per heavy atom. The first-order chi connectivity index (χ1) is 8.51. The fourth-order valence-corrected chi connectivity index (χ4v) is 1.65. The molecule has 18 heavy (non-hydrogen) atoms. The van der Waals surface area contributed by atoms with Crippen LogP contribution in [0, 0.1) is 0 Å². The fourth-order valence-electron chi connectivity index (χ4n) is 1.65. The molecule has 0 radical (unpaired) electrons. The van der Waals surface area contributed by atoms with Crippen LogP contribution >= 0.6 is 0 Å². The molecule has 5 heteroatoms. The molecule has 0 spiro atoms. The molecule has 1 heterocycles. The molecule has 5 nitrogen and oxygen atoms in total.